The zero-order chi connectivity index (χ0) is 13.1. The molecule has 1 fully saturated rings. The molecular weight excluding hydrogens is 252 g/mol. The van der Waals surface area contributed by atoms with Crippen molar-refractivity contribution >= 4 is 22.4 Å². The van der Waals surface area contributed by atoms with Crippen LogP contribution >= 0.6 is 11.3 Å². The van der Waals surface area contributed by atoms with Gasteiger partial charge in [0.2, 0.25) is 0 Å². The van der Waals surface area contributed by atoms with Crippen molar-refractivity contribution in [3.05, 3.63) is 11.1 Å². The third-order valence-electron chi connectivity index (χ3n) is 2.79. The number of carboxylic acid groups (broad SMARTS) is 1. The second-order valence-electron chi connectivity index (χ2n) is 4.20. The maximum absolute atomic E-state index is 10.8. The Morgan fingerprint density at radius 1 is 1.78 bits per heavy atom. The van der Waals surface area contributed by atoms with Crippen LogP contribution in [-0.4, -0.2) is 28.6 Å². The predicted molar refractivity (Wildman–Crippen MR) is 67.3 cm³/mol. The van der Waals surface area contributed by atoms with E-state index in [0.717, 1.165) is 18.0 Å². The number of aliphatic carboxylic acids is 1. The molecule has 1 aromatic rings. The summed E-state index contributed by atoms with van der Waals surface area (Å²) in [5, 5.41) is 19.9. The Kier molecular flexibility index (Phi) is 3.79. The topological polar surface area (TPSA) is 103 Å². The average molecular weight is 266 g/mol. The van der Waals surface area contributed by atoms with Crippen molar-refractivity contribution < 1.29 is 9.90 Å². The van der Waals surface area contributed by atoms with Crippen molar-refractivity contribution in [2.24, 2.45) is 5.73 Å². The van der Waals surface area contributed by atoms with Gasteiger partial charge in [-0.1, -0.05) is 0 Å². The first-order valence-corrected chi connectivity index (χ1v) is 6.59. The lowest BCUT2D eigenvalue weighted by molar-refractivity contribution is -0.138. The Morgan fingerprint density at radius 2 is 2.50 bits per heavy atom. The number of nitriles is 1. The first kappa shape index (κ1) is 12.8. The Balaban J connectivity index is 2.11. The fourth-order valence-corrected chi connectivity index (χ4v) is 2.63. The molecular formula is C11H14N4O2S. The van der Waals surface area contributed by atoms with E-state index in [1.54, 1.807) is 5.38 Å². The molecule has 1 atom stereocenters. The molecule has 0 bridgehead atoms. The van der Waals surface area contributed by atoms with Crippen LogP contribution < -0.4 is 10.6 Å². The van der Waals surface area contributed by atoms with Gasteiger partial charge in [0.25, 0.3) is 0 Å². The standard InChI is InChI=1S/C11H14N4O2S/c12-4-1-5-15(7-2-3-7)11-14-8(6-18-11)9(13)10(16)17/h6-7,9H,1-3,5,13H2,(H,16,17). The summed E-state index contributed by atoms with van der Waals surface area (Å²) in [4.78, 5) is 17.1. The van der Waals surface area contributed by atoms with Gasteiger partial charge in [0.15, 0.2) is 5.13 Å². The maximum atomic E-state index is 10.8. The summed E-state index contributed by atoms with van der Waals surface area (Å²) in [6, 6.07) is 1.48. The number of nitrogens with two attached hydrogens (primary N) is 1. The first-order valence-electron chi connectivity index (χ1n) is 5.71. The van der Waals surface area contributed by atoms with Gasteiger partial charge in [-0.2, -0.15) is 5.26 Å². The van der Waals surface area contributed by atoms with Gasteiger partial charge in [-0.3, -0.25) is 4.79 Å². The number of hydrogen-bond acceptors (Lipinski definition) is 6. The number of rotatable bonds is 6. The summed E-state index contributed by atoms with van der Waals surface area (Å²) in [6.07, 6.45) is 2.65. The highest BCUT2D eigenvalue weighted by atomic mass is 32.1. The van der Waals surface area contributed by atoms with Crippen LogP contribution in [0.15, 0.2) is 5.38 Å². The van der Waals surface area contributed by atoms with E-state index in [9.17, 15) is 4.79 Å². The van der Waals surface area contributed by atoms with E-state index in [4.69, 9.17) is 16.1 Å². The van der Waals surface area contributed by atoms with Crippen LogP contribution in [-0.2, 0) is 4.79 Å². The molecule has 1 heterocycles. The van der Waals surface area contributed by atoms with Crippen LogP contribution in [0, 0.1) is 11.3 Å². The summed E-state index contributed by atoms with van der Waals surface area (Å²) in [5.74, 6) is -1.08. The van der Waals surface area contributed by atoms with E-state index in [-0.39, 0.29) is 0 Å². The van der Waals surface area contributed by atoms with Crippen molar-refractivity contribution in [3.63, 3.8) is 0 Å². The number of thiazole rings is 1. The van der Waals surface area contributed by atoms with Crippen molar-refractivity contribution in [2.45, 2.75) is 31.3 Å². The summed E-state index contributed by atoms with van der Waals surface area (Å²) in [7, 11) is 0. The minimum atomic E-state index is -1.08. The summed E-state index contributed by atoms with van der Waals surface area (Å²) in [5.41, 5.74) is 5.90. The average Bonchev–Trinajstić information content (AvgIpc) is 3.06. The number of hydrogen-bond donors (Lipinski definition) is 2. The van der Waals surface area contributed by atoms with Gasteiger partial charge in [-0.05, 0) is 12.8 Å². The van der Waals surface area contributed by atoms with Gasteiger partial charge < -0.3 is 15.7 Å². The molecule has 0 saturated heterocycles. The molecule has 0 amide bonds. The van der Waals surface area contributed by atoms with Crippen LogP contribution in [0.2, 0.25) is 0 Å². The minimum absolute atomic E-state index is 0.380. The molecule has 6 nitrogen and oxygen atoms in total. The van der Waals surface area contributed by atoms with Crippen LogP contribution in [0.5, 0.6) is 0 Å². The number of anilines is 1. The van der Waals surface area contributed by atoms with E-state index in [1.807, 2.05) is 0 Å². The number of carboxylic acids is 1. The van der Waals surface area contributed by atoms with Gasteiger partial charge in [0, 0.05) is 18.0 Å². The second kappa shape index (κ2) is 5.33. The molecule has 18 heavy (non-hydrogen) atoms. The number of carbonyl (C=O) groups is 1. The van der Waals surface area contributed by atoms with E-state index >= 15 is 0 Å². The van der Waals surface area contributed by atoms with Gasteiger partial charge in [-0.25, -0.2) is 4.98 Å². The highest BCUT2D eigenvalue weighted by Crippen LogP contribution is 2.34. The van der Waals surface area contributed by atoms with Crippen molar-refractivity contribution in [1.29, 1.82) is 5.26 Å². The predicted octanol–water partition coefficient (Wildman–Crippen LogP) is 1.11. The van der Waals surface area contributed by atoms with Gasteiger partial charge >= 0.3 is 5.97 Å². The molecule has 0 spiro atoms. The fourth-order valence-electron chi connectivity index (χ4n) is 1.67. The Morgan fingerprint density at radius 3 is 3.06 bits per heavy atom. The van der Waals surface area contributed by atoms with Gasteiger partial charge in [0.1, 0.15) is 6.04 Å². The van der Waals surface area contributed by atoms with Crippen LogP contribution in [0.3, 0.4) is 0 Å². The highest BCUT2D eigenvalue weighted by molar-refractivity contribution is 7.13. The molecule has 0 aromatic carbocycles. The zero-order valence-corrected chi connectivity index (χ0v) is 10.6. The minimum Gasteiger partial charge on any atom is -0.480 e. The molecule has 1 aliphatic rings. The SMILES string of the molecule is N#CCCN(c1nc(C(N)C(=O)O)cs1)C1CC1. The van der Waals surface area contributed by atoms with Crippen LogP contribution in [0.25, 0.3) is 0 Å². The molecule has 1 aliphatic carbocycles. The zero-order valence-electron chi connectivity index (χ0n) is 9.74. The van der Waals surface area contributed by atoms with Crippen molar-refractivity contribution in [1.82, 2.24) is 4.98 Å². The van der Waals surface area contributed by atoms with Crippen molar-refractivity contribution in [3.8, 4) is 6.07 Å². The first-order chi connectivity index (χ1) is 8.63. The van der Waals surface area contributed by atoms with Crippen molar-refractivity contribution in [2.75, 3.05) is 11.4 Å². The molecule has 7 heteroatoms. The third-order valence-corrected chi connectivity index (χ3v) is 3.69. The Hall–Kier alpha value is -1.65. The second-order valence-corrected chi connectivity index (χ2v) is 5.04. The molecule has 3 N–H and O–H groups in total. The molecule has 96 valence electrons. The van der Waals surface area contributed by atoms with E-state index in [1.165, 1.54) is 11.3 Å². The fraction of sp³-hybridized carbons (Fsp3) is 0.545. The normalized spacial score (nSPS) is 16.0. The quantitative estimate of drug-likeness (QED) is 0.799. The Bertz CT molecular complexity index is 478. The maximum Gasteiger partial charge on any atom is 0.326 e. The lowest BCUT2D eigenvalue weighted by Crippen LogP contribution is -2.27. The van der Waals surface area contributed by atoms with E-state index < -0.39 is 12.0 Å². The molecule has 1 saturated carbocycles. The highest BCUT2D eigenvalue weighted by Gasteiger charge is 2.31. The summed E-state index contributed by atoms with van der Waals surface area (Å²) >= 11 is 1.38. The molecule has 1 aromatic heterocycles. The van der Waals surface area contributed by atoms with Crippen LogP contribution in [0.4, 0.5) is 5.13 Å². The lowest BCUT2D eigenvalue weighted by Gasteiger charge is -2.19. The van der Waals surface area contributed by atoms with Gasteiger partial charge in [0.05, 0.1) is 18.2 Å². The van der Waals surface area contributed by atoms with E-state index in [0.29, 0.717) is 24.7 Å². The number of aromatic nitrogens is 1. The largest absolute Gasteiger partial charge is 0.480 e. The molecule has 1 unspecified atom stereocenters. The lowest BCUT2D eigenvalue weighted by atomic mass is 10.2. The number of nitrogens with zero attached hydrogens (tertiary/aromatic N) is 3. The Labute approximate surface area is 109 Å². The monoisotopic (exact) mass is 266 g/mol. The van der Waals surface area contributed by atoms with Gasteiger partial charge in [-0.15, -0.1) is 11.3 Å². The summed E-state index contributed by atoms with van der Waals surface area (Å²) in [6.45, 7) is 0.635. The third kappa shape index (κ3) is 2.78. The van der Waals surface area contributed by atoms with E-state index in [2.05, 4.69) is 16.0 Å². The molecule has 0 radical (unpaired) electrons. The summed E-state index contributed by atoms with van der Waals surface area (Å²) < 4.78 is 0. The molecule has 0 aliphatic heterocycles. The molecule has 2 rings (SSSR count). The van der Waals surface area contributed by atoms with Crippen LogP contribution in [0.1, 0.15) is 31.0 Å². The smallest absolute Gasteiger partial charge is 0.326 e.